The molecule has 1 fully saturated rings. The zero-order valence-corrected chi connectivity index (χ0v) is 12.4. The van der Waals surface area contributed by atoms with Gasteiger partial charge < -0.3 is 9.63 Å². The molecule has 1 aliphatic rings. The summed E-state index contributed by atoms with van der Waals surface area (Å²) in [4.78, 5) is 6.73. The van der Waals surface area contributed by atoms with Gasteiger partial charge in [-0.2, -0.15) is 4.98 Å². The van der Waals surface area contributed by atoms with Gasteiger partial charge in [-0.15, -0.1) is 0 Å². The molecule has 5 nitrogen and oxygen atoms in total. The maximum absolute atomic E-state index is 12.9. The van der Waals surface area contributed by atoms with E-state index in [4.69, 9.17) is 9.63 Å². The van der Waals surface area contributed by atoms with Crippen LogP contribution in [0.5, 0.6) is 0 Å². The summed E-state index contributed by atoms with van der Waals surface area (Å²) in [6, 6.07) is 6.54. The van der Waals surface area contributed by atoms with Gasteiger partial charge >= 0.3 is 0 Å². The van der Waals surface area contributed by atoms with Crippen molar-refractivity contribution in [1.29, 1.82) is 0 Å². The quantitative estimate of drug-likeness (QED) is 0.889. The van der Waals surface area contributed by atoms with Gasteiger partial charge in [0, 0.05) is 18.2 Å². The fraction of sp³-hybridized carbons (Fsp3) is 0.500. The van der Waals surface area contributed by atoms with Gasteiger partial charge in [0.1, 0.15) is 5.82 Å². The van der Waals surface area contributed by atoms with Crippen LogP contribution in [0.4, 0.5) is 4.39 Å². The highest BCUT2D eigenvalue weighted by atomic mass is 19.1. The molecule has 1 aromatic carbocycles. The van der Waals surface area contributed by atoms with Crippen LogP contribution in [0.15, 0.2) is 28.8 Å². The predicted molar refractivity (Wildman–Crippen MR) is 79.4 cm³/mol. The minimum absolute atomic E-state index is 0.236. The molecule has 0 amide bonds. The lowest BCUT2D eigenvalue weighted by atomic mass is 10.1. The van der Waals surface area contributed by atoms with E-state index in [9.17, 15) is 4.39 Å². The first-order valence-corrected chi connectivity index (χ1v) is 7.69. The summed E-state index contributed by atoms with van der Waals surface area (Å²) >= 11 is 0. The minimum Gasteiger partial charge on any atom is -0.396 e. The van der Waals surface area contributed by atoms with Crippen LogP contribution >= 0.6 is 0 Å². The van der Waals surface area contributed by atoms with Crippen molar-refractivity contribution >= 4 is 0 Å². The minimum atomic E-state index is -0.281. The Hall–Kier alpha value is -1.79. The molecule has 0 saturated carbocycles. The standard InChI is InChI=1S/C16H20FN3O2/c17-13-7-5-12(6-8-13)16-18-15(22-19-16)11-20-9-1-3-14(20)4-2-10-21/h5-8,14,21H,1-4,9-11H2. The molecule has 2 aromatic rings. The Morgan fingerprint density at radius 1 is 1.32 bits per heavy atom. The molecule has 1 aliphatic heterocycles. The third-order valence-corrected chi connectivity index (χ3v) is 4.10. The third-order valence-electron chi connectivity index (χ3n) is 4.10. The monoisotopic (exact) mass is 305 g/mol. The average molecular weight is 305 g/mol. The van der Waals surface area contributed by atoms with E-state index in [-0.39, 0.29) is 12.4 Å². The summed E-state index contributed by atoms with van der Waals surface area (Å²) in [5.74, 6) is 0.785. The van der Waals surface area contributed by atoms with Crippen LogP contribution < -0.4 is 0 Å². The summed E-state index contributed by atoms with van der Waals surface area (Å²) in [6.07, 6.45) is 4.13. The molecule has 1 unspecified atom stereocenters. The number of likely N-dealkylation sites (tertiary alicyclic amines) is 1. The van der Waals surface area contributed by atoms with Gasteiger partial charge in [0.25, 0.3) is 0 Å². The van der Waals surface area contributed by atoms with E-state index in [1.54, 1.807) is 12.1 Å². The molecule has 22 heavy (non-hydrogen) atoms. The number of hydrogen-bond acceptors (Lipinski definition) is 5. The van der Waals surface area contributed by atoms with Crippen molar-refractivity contribution in [2.75, 3.05) is 13.2 Å². The van der Waals surface area contributed by atoms with E-state index >= 15 is 0 Å². The number of rotatable bonds is 6. The van der Waals surface area contributed by atoms with Crippen molar-refractivity contribution in [1.82, 2.24) is 15.0 Å². The molecular formula is C16H20FN3O2. The summed E-state index contributed by atoms with van der Waals surface area (Å²) in [6.45, 7) is 1.88. The first-order valence-electron chi connectivity index (χ1n) is 7.69. The number of hydrogen-bond donors (Lipinski definition) is 1. The molecule has 1 atom stereocenters. The molecule has 1 aromatic heterocycles. The molecule has 6 heteroatoms. The molecule has 0 aliphatic carbocycles. The summed E-state index contributed by atoms with van der Waals surface area (Å²) in [7, 11) is 0. The van der Waals surface area contributed by atoms with E-state index in [2.05, 4.69) is 15.0 Å². The smallest absolute Gasteiger partial charge is 0.241 e. The highest BCUT2D eigenvalue weighted by Gasteiger charge is 2.25. The topological polar surface area (TPSA) is 62.4 Å². The first kappa shape index (κ1) is 15.1. The van der Waals surface area contributed by atoms with Crippen molar-refractivity contribution in [3.63, 3.8) is 0 Å². The average Bonchev–Trinajstić information content (AvgIpc) is 3.16. The van der Waals surface area contributed by atoms with Crippen molar-refractivity contribution in [3.05, 3.63) is 36.0 Å². The van der Waals surface area contributed by atoms with Crippen LogP contribution in [-0.2, 0) is 6.54 Å². The van der Waals surface area contributed by atoms with Crippen molar-refractivity contribution in [3.8, 4) is 11.4 Å². The zero-order chi connectivity index (χ0) is 15.4. The largest absolute Gasteiger partial charge is 0.396 e. The summed E-state index contributed by atoms with van der Waals surface area (Å²) < 4.78 is 18.3. The van der Waals surface area contributed by atoms with Crippen LogP contribution in [0.2, 0.25) is 0 Å². The number of aliphatic hydroxyl groups excluding tert-OH is 1. The fourth-order valence-electron chi connectivity index (χ4n) is 2.97. The Labute approximate surface area is 128 Å². The molecule has 0 spiro atoms. The van der Waals surface area contributed by atoms with Gasteiger partial charge in [0.15, 0.2) is 0 Å². The molecule has 118 valence electrons. The Balaban J connectivity index is 1.65. The predicted octanol–water partition coefficient (Wildman–Crippen LogP) is 2.61. The van der Waals surface area contributed by atoms with Crippen molar-refractivity contribution in [2.45, 2.75) is 38.3 Å². The number of aliphatic hydroxyl groups is 1. The number of nitrogens with zero attached hydrogens (tertiary/aromatic N) is 3. The van der Waals surface area contributed by atoms with E-state index in [1.807, 2.05) is 0 Å². The SMILES string of the molecule is OCCCC1CCCN1Cc1nc(-c2ccc(F)cc2)no1. The van der Waals surface area contributed by atoms with Gasteiger partial charge in [-0.1, -0.05) is 5.16 Å². The molecule has 2 heterocycles. The Bertz CT molecular complexity index is 600. The molecule has 0 radical (unpaired) electrons. The maximum atomic E-state index is 12.9. The zero-order valence-electron chi connectivity index (χ0n) is 12.4. The molecule has 0 bridgehead atoms. The van der Waals surface area contributed by atoms with Crippen LogP contribution in [0, 0.1) is 5.82 Å². The Morgan fingerprint density at radius 2 is 2.14 bits per heavy atom. The van der Waals surface area contributed by atoms with Crippen LogP contribution in [0.3, 0.4) is 0 Å². The lowest BCUT2D eigenvalue weighted by Gasteiger charge is -2.22. The number of aromatic nitrogens is 2. The molecular weight excluding hydrogens is 285 g/mol. The second-order valence-corrected chi connectivity index (χ2v) is 5.65. The maximum Gasteiger partial charge on any atom is 0.241 e. The highest BCUT2D eigenvalue weighted by Crippen LogP contribution is 2.24. The van der Waals surface area contributed by atoms with Crippen LogP contribution in [0.1, 0.15) is 31.6 Å². The number of halogens is 1. The molecule has 3 rings (SSSR count). The van der Waals surface area contributed by atoms with E-state index < -0.39 is 0 Å². The van der Waals surface area contributed by atoms with E-state index in [0.717, 1.165) is 37.8 Å². The van der Waals surface area contributed by atoms with Crippen LogP contribution in [0.25, 0.3) is 11.4 Å². The lowest BCUT2D eigenvalue weighted by molar-refractivity contribution is 0.188. The van der Waals surface area contributed by atoms with E-state index in [1.165, 1.54) is 12.1 Å². The Morgan fingerprint density at radius 3 is 2.91 bits per heavy atom. The third kappa shape index (κ3) is 3.51. The number of benzene rings is 1. The van der Waals surface area contributed by atoms with Gasteiger partial charge in [0.2, 0.25) is 11.7 Å². The van der Waals surface area contributed by atoms with E-state index in [0.29, 0.717) is 24.3 Å². The summed E-state index contributed by atoms with van der Waals surface area (Å²) in [5, 5.41) is 12.9. The first-order chi connectivity index (χ1) is 10.8. The lowest BCUT2D eigenvalue weighted by Crippen LogP contribution is -2.29. The van der Waals surface area contributed by atoms with Gasteiger partial charge in [-0.05, 0) is 56.5 Å². The highest BCUT2D eigenvalue weighted by molar-refractivity contribution is 5.53. The second kappa shape index (κ2) is 6.98. The van der Waals surface area contributed by atoms with Gasteiger partial charge in [-0.25, -0.2) is 4.39 Å². The molecule has 1 saturated heterocycles. The fourth-order valence-corrected chi connectivity index (χ4v) is 2.97. The molecule has 1 N–H and O–H groups in total. The Kier molecular flexibility index (Phi) is 4.80. The second-order valence-electron chi connectivity index (χ2n) is 5.65. The normalized spacial score (nSPS) is 18.9. The van der Waals surface area contributed by atoms with Gasteiger partial charge in [-0.3, -0.25) is 4.90 Å². The van der Waals surface area contributed by atoms with Crippen molar-refractivity contribution in [2.24, 2.45) is 0 Å². The van der Waals surface area contributed by atoms with Crippen molar-refractivity contribution < 1.29 is 14.0 Å². The van der Waals surface area contributed by atoms with Crippen LogP contribution in [-0.4, -0.2) is 39.3 Å². The summed E-state index contributed by atoms with van der Waals surface area (Å²) in [5.41, 5.74) is 0.745. The van der Waals surface area contributed by atoms with Gasteiger partial charge in [0.05, 0.1) is 6.54 Å².